The molecule has 36 heavy (non-hydrogen) atoms. The number of amides is 1. The highest BCUT2D eigenvalue weighted by Gasteiger charge is 2.73. The van der Waals surface area contributed by atoms with Gasteiger partial charge in [0.05, 0.1) is 12.2 Å². The summed E-state index contributed by atoms with van der Waals surface area (Å²) in [7, 11) is 0. The Hall–Kier alpha value is -2.71. The van der Waals surface area contributed by atoms with Crippen molar-refractivity contribution in [3.63, 3.8) is 0 Å². The molecule has 200 valence electrons. The maximum absolute atomic E-state index is 14.7. The van der Waals surface area contributed by atoms with Crippen LogP contribution in [0.2, 0.25) is 0 Å². The highest BCUT2D eigenvalue weighted by Crippen LogP contribution is 2.55. The summed E-state index contributed by atoms with van der Waals surface area (Å²) in [5.41, 5.74) is -3.74. The third-order valence-electron chi connectivity index (χ3n) is 4.96. The van der Waals surface area contributed by atoms with E-state index >= 15 is 0 Å². The SMILES string of the molecule is CCC(F)CN(c1cccc(C(N)=O)c1)c1c(Br)cc(C(F)(C(F)(F)F)C(F)(F)F)cc1OC(F)F. The molecule has 0 bridgehead atoms. The molecule has 1 unspecified atom stereocenters. The fourth-order valence-electron chi connectivity index (χ4n) is 3.19. The second-order valence-electron chi connectivity index (χ2n) is 7.37. The Labute approximate surface area is 206 Å². The Balaban J connectivity index is 2.89. The molecule has 0 aliphatic carbocycles. The molecule has 0 aromatic heterocycles. The zero-order valence-corrected chi connectivity index (χ0v) is 19.6. The Morgan fingerprint density at radius 3 is 2.08 bits per heavy atom. The normalized spacial score (nSPS) is 13.6. The van der Waals surface area contributed by atoms with Gasteiger partial charge in [-0.25, -0.2) is 8.78 Å². The molecule has 1 amide bonds. The summed E-state index contributed by atoms with van der Waals surface area (Å²) in [6.07, 6.45) is -14.9. The van der Waals surface area contributed by atoms with E-state index in [-0.39, 0.29) is 29.8 Å². The summed E-state index contributed by atoms with van der Waals surface area (Å²) in [4.78, 5) is 12.4. The van der Waals surface area contributed by atoms with E-state index in [0.717, 1.165) is 11.0 Å². The van der Waals surface area contributed by atoms with Gasteiger partial charge < -0.3 is 15.4 Å². The summed E-state index contributed by atoms with van der Waals surface area (Å²) in [5.74, 6) is -2.27. The van der Waals surface area contributed by atoms with E-state index in [1.54, 1.807) is 0 Å². The predicted molar refractivity (Wildman–Crippen MR) is 113 cm³/mol. The molecule has 0 radical (unpaired) electrons. The van der Waals surface area contributed by atoms with Crippen LogP contribution in [0.4, 0.5) is 55.3 Å². The van der Waals surface area contributed by atoms with Crippen molar-refractivity contribution < 1.29 is 53.4 Å². The lowest BCUT2D eigenvalue weighted by molar-refractivity contribution is -0.348. The van der Waals surface area contributed by atoms with Crippen molar-refractivity contribution in [1.29, 1.82) is 0 Å². The van der Waals surface area contributed by atoms with E-state index in [4.69, 9.17) is 5.73 Å². The van der Waals surface area contributed by atoms with E-state index in [9.17, 15) is 48.7 Å². The van der Waals surface area contributed by atoms with Crippen molar-refractivity contribution in [2.45, 2.75) is 44.1 Å². The van der Waals surface area contributed by atoms with Crippen molar-refractivity contribution in [3.05, 3.63) is 52.0 Å². The highest BCUT2D eigenvalue weighted by atomic mass is 79.9. The molecule has 0 spiro atoms. The van der Waals surface area contributed by atoms with Crippen LogP contribution in [0.5, 0.6) is 5.75 Å². The number of benzene rings is 2. The van der Waals surface area contributed by atoms with E-state index in [1.807, 2.05) is 0 Å². The van der Waals surface area contributed by atoms with Gasteiger partial charge in [0.15, 0.2) is 5.75 Å². The second kappa shape index (κ2) is 10.7. The molecule has 0 fully saturated rings. The highest BCUT2D eigenvalue weighted by molar-refractivity contribution is 9.10. The van der Waals surface area contributed by atoms with Crippen LogP contribution in [0.15, 0.2) is 40.9 Å². The molecular weight excluding hydrogens is 582 g/mol. The molecule has 1 atom stereocenters. The Kier molecular flexibility index (Phi) is 8.80. The standard InChI is InChI=1S/C21H17BrF10N2O2/c1-2-12(23)9-34(13-5-3-4-10(6-13)17(33)35)16-14(22)7-11(8-15(16)36-18(24)25)19(26,20(27,28)29)21(30,31)32/h3-8,12,18H,2,9H2,1H3,(H2,33,35). The van der Waals surface area contributed by atoms with Gasteiger partial charge in [-0.3, -0.25) is 4.79 Å². The van der Waals surface area contributed by atoms with Crippen molar-refractivity contribution in [3.8, 4) is 5.75 Å². The number of carbonyl (C=O) groups is 1. The number of anilines is 2. The zero-order chi connectivity index (χ0) is 27.6. The summed E-state index contributed by atoms with van der Waals surface area (Å²) < 4.78 is 138. The van der Waals surface area contributed by atoms with Crippen molar-refractivity contribution in [1.82, 2.24) is 0 Å². The minimum absolute atomic E-state index is 0.0821. The number of ether oxygens (including phenoxy) is 1. The van der Waals surface area contributed by atoms with E-state index in [1.165, 1.54) is 25.1 Å². The summed E-state index contributed by atoms with van der Waals surface area (Å²) in [6.45, 7) is -3.04. The largest absolute Gasteiger partial charge is 0.435 e. The van der Waals surface area contributed by atoms with Gasteiger partial charge in [-0.15, -0.1) is 0 Å². The monoisotopic (exact) mass is 598 g/mol. The van der Waals surface area contributed by atoms with Gasteiger partial charge in [-0.1, -0.05) is 13.0 Å². The topological polar surface area (TPSA) is 55.6 Å². The summed E-state index contributed by atoms with van der Waals surface area (Å²) >= 11 is 2.69. The van der Waals surface area contributed by atoms with Gasteiger partial charge in [0.2, 0.25) is 5.91 Å². The number of hydrogen-bond acceptors (Lipinski definition) is 3. The number of carbonyl (C=O) groups excluding carboxylic acids is 1. The van der Waals surface area contributed by atoms with Crippen molar-refractivity contribution >= 4 is 33.2 Å². The fraction of sp³-hybridized carbons (Fsp3) is 0.381. The lowest BCUT2D eigenvalue weighted by Crippen LogP contribution is -2.50. The van der Waals surface area contributed by atoms with Gasteiger partial charge in [0.1, 0.15) is 6.17 Å². The van der Waals surface area contributed by atoms with Crippen LogP contribution in [0.3, 0.4) is 0 Å². The molecule has 0 aliphatic rings. The molecule has 2 rings (SSSR count). The third-order valence-corrected chi connectivity index (χ3v) is 5.56. The number of hydrogen-bond donors (Lipinski definition) is 1. The maximum atomic E-state index is 14.7. The van der Waals surface area contributed by atoms with Gasteiger partial charge in [0.25, 0.3) is 0 Å². The first-order chi connectivity index (χ1) is 16.4. The Bertz CT molecular complexity index is 1080. The molecule has 0 aliphatic heterocycles. The van der Waals surface area contributed by atoms with Crippen LogP contribution in [0, 0.1) is 0 Å². The van der Waals surface area contributed by atoms with E-state index in [2.05, 4.69) is 20.7 Å². The van der Waals surface area contributed by atoms with Gasteiger partial charge >= 0.3 is 24.6 Å². The molecule has 0 saturated carbocycles. The number of nitrogens with zero attached hydrogens (tertiary/aromatic N) is 1. The molecule has 2 N–H and O–H groups in total. The van der Waals surface area contributed by atoms with E-state index in [0.29, 0.717) is 0 Å². The van der Waals surface area contributed by atoms with Crippen LogP contribution in [-0.4, -0.2) is 37.6 Å². The first-order valence-electron chi connectivity index (χ1n) is 9.86. The average Bonchev–Trinajstić information content (AvgIpc) is 2.75. The molecule has 4 nitrogen and oxygen atoms in total. The van der Waals surface area contributed by atoms with Crippen LogP contribution in [0.25, 0.3) is 0 Å². The van der Waals surface area contributed by atoms with Crippen molar-refractivity contribution in [2.75, 3.05) is 11.4 Å². The van der Waals surface area contributed by atoms with Crippen molar-refractivity contribution in [2.24, 2.45) is 5.73 Å². The van der Waals surface area contributed by atoms with Crippen LogP contribution in [-0.2, 0) is 5.67 Å². The molecular formula is C21H17BrF10N2O2. The Morgan fingerprint density at radius 2 is 1.61 bits per heavy atom. The van der Waals surface area contributed by atoms with Gasteiger partial charge in [0, 0.05) is 21.3 Å². The van der Waals surface area contributed by atoms with Crippen LogP contribution >= 0.6 is 15.9 Å². The number of primary amides is 1. The maximum Gasteiger partial charge on any atom is 0.435 e. The van der Waals surface area contributed by atoms with Gasteiger partial charge in [-0.05, 0) is 52.7 Å². The van der Waals surface area contributed by atoms with E-state index < -0.39 is 64.7 Å². The summed E-state index contributed by atoms with van der Waals surface area (Å²) in [5, 5.41) is 0. The van der Waals surface area contributed by atoms with Crippen LogP contribution < -0.4 is 15.4 Å². The fourth-order valence-corrected chi connectivity index (χ4v) is 3.84. The molecule has 0 saturated heterocycles. The lowest BCUT2D eigenvalue weighted by atomic mass is 9.93. The lowest BCUT2D eigenvalue weighted by Gasteiger charge is -2.33. The first-order valence-corrected chi connectivity index (χ1v) is 10.7. The predicted octanol–water partition coefficient (Wildman–Crippen LogP) is 7.33. The minimum atomic E-state index is -6.53. The number of rotatable bonds is 9. The Morgan fingerprint density at radius 1 is 1.03 bits per heavy atom. The number of alkyl halides is 10. The minimum Gasteiger partial charge on any atom is -0.433 e. The summed E-state index contributed by atoms with van der Waals surface area (Å²) in [6, 6.07) is 4.73. The quantitative estimate of drug-likeness (QED) is 0.308. The van der Waals surface area contributed by atoms with Gasteiger partial charge in [-0.2, -0.15) is 35.1 Å². The average molecular weight is 599 g/mol. The number of halogens is 11. The molecule has 2 aromatic rings. The first kappa shape index (κ1) is 29.5. The molecule has 0 heterocycles. The zero-order valence-electron chi connectivity index (χ0n) is 18.0. The molecule has 2 aromatic carbocycles. The third kappa shape index (κ3) is 5.98. The van der Waals surface area contributed by atoms with Crippen LogP contribution in [0.1, 0.15) is 29.3 Å². The smallest absolute Gasteiger partial charge is 0.433 e. The second-order valence-corrected chi connectivity index (χ2v) is 8.22. The molecule has 15 heteroatoms. The number of nitrogens with two attached hydrogens (primary N) is 1.